The van der Waals surface area contributed by atoms with E-state index in [1.807, 2.05) is 25.1 Å². The van der Waals surface area contributed by atoms with Crippen LogP contribution in [0, 0.1) is 6.92 Å². The third kappa shape index (κ3) is 2.38. The van der Waals surface area contributed by atoms with Crippen LogP contribution in [-0.4, -0.2) is 23.2 Å². The largest absolute Gasteiger partial charge is 0.296 e. The quantitative estimate of drug-likeness (QED) is 0.771. The highest BCUT2D eigenvalue weighted by atomic mass is 79.9. The second kappa shape index (κ2) is 4.82. The van der Waals surface area contributed by atoms with Crippen molar-refractivity contribution in [2.24, 2.45) is 0 Å². The summed E-state index contributed by atoms with van der Waals surface area (Å²) in [6.45, 7) is 1.94. The van der Waals surface area contributed by atoms with Crippen molar-refractivity contribution in [3.05, 3.63) is 28.2 Å². The Kier molecular flexibility index (Phi) is 3.38. The number of hydrogen-bond donors (Lipinski definition) is 0. The van der Waals surface area contributed by atoms with Crippen LogP contribution in [0.5, 0.6) is 0 Å². The van der Waals surface area contributed by atoms with Gasteiger partial charge in [0, 0.05) is 26.8 Å². The molecule has 20 heavy (non-hydrogen) atoms. The monoisotopic (exact) mass is 375 g/mol. The number of aromatic nitrogens is 3. The molecular formula is C12H11BrClN3O2S. The zero-order valence-electron chi connectivity index (χ0n) is 10.5. The molecule has 1 fully saturated rings. The molecule has 0 aliphatic heterocycles. The van der Waals surface area contributed by atoms with Crippen molar-refractivity contribution >= 4 is 35.7 Å². The maximum atomic E-state index is 11.6. The van der Waals surface area contributed by atoms with Gasteiger partial charge >= 0.3 is 0 Å². The summed E-state index contributed by atoms with van der Waals surface area (Å²) in [5.41, 5.74) is 1.84. The van der Waals surface area contributed by atoms with Crippen molar-refractivity contribution in [3.63, 3.8) is 0 Å². The molecule has 106 valence electrons. The Morgan fingerprint density at radius 2 is 2.05 bits per heavy atom. The van der Waals surface area contributed by atoms with Gasteiger partial charge in [-0.15, -0.1) is 10.2 Å². The fourth-order valence-corrected chi connectivity index (χ4v) is 3.43. The number of rotatable bonds is 3. The van der Waals surface area contributed by atoms with Crippen molar-refractivity contribution in [1.82, 2.24) is 14.8 Å². The molecule has 1 aliphatic rings. The summed E-state index contributed by atoms with van der Waals surface area (Å²) in [5, 5.41) is 7.65. The van der Waals surface area contributed by atoms with E-state index in [1.165, 1.54) is 0 Å². The molecule has 0 unspecified atom stereocenters. The van der Waals surface area contributed by atoms with Crippen molar-refractivity contribution in [2.75, 3.05) is 0 Å². The number of benzene rings is 1. The van der Waals surface area contributed by atoms with Gasteiger partial charge in [-0.3, -0.25) is 4.57 Å². The molecule has 0 spiro atoms. The Morgan fingerprint density at radius 3 is 2.65 bits per heavy atom. The maximum absolute atomic E-state index is 11.6. The summed E-state index contributed by atoms with van der Waals surface area (Å²) < 4.78 is 25.8. The van der Waals surface area contributed by atoms with Crippen molar-refractivity contribution < 1.29 is 8.42 Å². The minimum atomic E-state index is -3.90. The minimum Gasteiger partial charge on any atom is -0.294 e. The lowest BCUT2D eigenvalue weighted by Crippen LogP contribution is -2.06. The first kappa shape index (κ1) is 14.0. The SMILES string of the molecule is Cc1c(Br)cccc1-c1nnc(S(=O)(=O)Cl)n1C1CC1. The second-order valence-electron chi connectivity index (χ2n) is 4.76. The average Bonchev–Trinajstić information content (AvgIpc) is 3.10. The highest BCUT2D eigenvalue weighted by Gasteiger charge is 2.34. The van der Waals surface area contributed by atoms with Crippen molar-refractivity contribution in [2.45, 2.75) is 31.0 Å². The van der Waals surface area contributed by atoms with Crippen LogP contribution >= 0.6 is 26.6 Å². The van der Waals surface area contributed by atoms with Crippen LogP contribution in [0.15, 0.2) is 27.8 Å². The van der Waals surface area contributed by atoms with E-state index >= 15 is 0 Å². The van der Waals surface area contributed by atoms with Gasteiger partial charge in [-0.1, -0.05) is 28.1 Å². The highest BCUT2D eigenvalue weighted by Crippen LogP contribution is 2.41. The molecule has 1 aromatic heterocycles. The van der Waals surface area contributed by atoms with Gasteiger partial charge in [0.2, 0.25) is 0 Å². The zero-order chi connectivity index (χ0) is 14.5. The van der Waals surface area contributed by atoms with E-state index in [-0.39, 0.29) is 11.2 Å². The summed E-state index contributed by atoms with van der Waals surface area (Å²) in [7, 11) is 1.55. The number of nitrogens with zero attached hydrogens (tertiary/aromatic N) is 3. The van der Waals surface area contributed by atoms with Crippen LogP contribution in [0.3, 0.4) is 0 Å². The highest BCUT2D eigenvalue weighted by molar-refractivity contribution is 9.10. The van der Waals surface area contributed by atoms with Gasteiger partial charge in [0.05, 0.1) is 0 Å². The Balaban J connectivity index is 2.25. The number of hydrogen-bond acceptors (Lipinski definition) is 4. The first-order chi connectivity index (χ1) is 9.39. The molecule has 5 nitrogen and oxygen atoms in total. The molecule has 0 bridgehead atoms. The topological polar surface area (TPSA) is 64.8 Å². The molecule has 1 aliphatic carbocycles. The predicted molar refractivity (Wildman–Crippen MR) is 79.2 cm³/mol. The molecule has 1 aromatic carbocycles. The fraction of sp³-hybridized carbons (Fsp3) is 0.333. The third-order valence-electron chi connectivity index (χ3n) is 3.30. The lowest BCUT2D eigenvalue weighted by molar-refractivity contribution is 0.579. The molecule has 0 atom stereocenters. The van der Waals surface area contributed by atoms with E-state index in [9.17, 15) is 8.42 Å². The predicted octanol–water partition coefficient (Wildman–Crippen LogP) is 3.28. The van der Waals surface area contributed by atoms with E-state index < -0.39 is 9.05 Å². The fourth-order valence-electron chi connectivity index (χ4n) is 2.14. The van der Waals surface area contributed by atoms with E-state index in [1.54, 1.807) is 4.57 Å². The molecule has 8 heteroatoms. The van der Waals surface area contributed by atoms with Gasteiger partial charge in [-0.25, -0.2) is 8.42 Å². The van der Waals surface area contributed by atoms with Crippen LogP contribution in [0.25, 0.3) is 11.4 Å². The van der Waals surface area contributed by atoms with Crippen molar-refractivity contribution in [1.29, 1.82) is 0 Å². The van der Waals surface area contributed by atoms with Crippen LogP contribution < -0.4 is 0 Å². The summed E-state index contributed by atoms with van der Waals surface area (Å²) in [6.07, 6.45) is 1.83. The zero-order valence-corrected chi connectivity index (χ0v) is 13.7. The Labute approximate surface area is 129 Å². The van der Waals surface area contributed by atoms with Crippen LogP contribution in [-0.2, 0) is 9.05 Å². The molecule has 3 rings (SSSR count). The van der Waals surface area contributed by atoms with Gasteiger partial charge in [0.1, 0.15) is 0 Å². The molecule has 0 radical (unpaired) electrons. The summed E-state index contributed by atoms with van der Waals surface area (Å²) in [5.74, 6) is 0.547. The minimum absolute atomic E-state index is 0.113. The van der Waals surface area contributed by atoms with E-state index in [4.69, 9.17) is 10.7 Å². The Hall–Kier alpha value is -0.920. The van der Waals surface area contributed by atoms with Crippen LogP contribution in [0.4, 0.5) is 0 Å². The van der Waals surface area contributed by atoms with E-state index in [0.29, 0.717) is 5.82 Å². The molecule has 1 saturated carbocycles. The molecule has 1 heterocycles. The lowest BCUT2D eigenvalue weighted by Gasteiger charge is -2.10. The maximum Gasteiger partial charge on any atom is 0.296 e. The summed E-state index contributed by atoms with van der Waals surface area (Å²) >= 11 is 3.47. The van der Waals surface area contributed by atoms with E-state index in [0.717, 1.165) is 28.4 Å². The normalized spacial score (nSPS) is 15.6. The Morgan fingerprint density at radius 1 is 1.35 bits per heavy atom. The van der Waals surface area contributed by atoms with Gasteiger partial charge in [0.25, 0.3) is 14.2 Å². The van der Waals surface area contributed by atoms with Crippen LogP contribution in [0.2, 0.25) is 0 Å². The second-order valence-corrected chi connectivity index (χ2v) is 8.07. The van der Waals surface area contributed by atoms with Gasteiger partial charge in [-0.2, -0.15) is 0 Å². The van der Waals surface area contributed by atoms with Crippen molar-refractivity contribution in [3.8, 4) is 11.4 Å². The first-order valence-corrected chi connectivity index (χ1v) is 9.15. The molecule has 0 amide bonds. The molecule has 0 saturated heterocycles. The van der Waals surface area contributed by atoms with E-state index in [2.05, 4.69) is 26.1 Å². The van der Waals surface area contributed by atoms with Gasteiger partial charge in [0.15, 0.2) is 5.82 Å². The Bertz CT molecular complexity index is 784. The summed E-state index contributed by atoms with van der Waals surface area (Å²) in [6, 6.07) is 5.82. The molecule has 2 aromatic rings. The molecular weight excluding hydrogens is 366 g/mol. The third-order valence-corrected chi connectivity index (χ3v) is 5.29. The smallest absolute Gasteiger partial charge is 0.294 e. The van der Waals surface area contributed by atoms with Gasteiger partial charge in [-0.05, 0) is 31.4 Å². The van der Waals surface area contributed by atoms with Crippen LogP contribution in [0.1, 0.15) is 24.4 Å². The van der Waals surface area contributed by atoms with Gasteiger partial charge < -0.3 is 0 Å². The average molecular weight is 377 g/mol. The molecule has 0 N–H and O–H groups in total. The summed E-state index contributed by atoms with van der Waals surface area (Å²) in [4.78, 5) is 0. The first-order valence-electron chi connectivity index (χ1n) is 6.04. The number of halogens is 2. The standard InChI is InChI=1S/C12H11BrClN3O2S/c1-7-9(3-2-4-10(7)13)11-15-16-12(20(14,18)19)17(11)8-5-6-8/h2-4,8H,5-6H2,1H3. The lowest BCUT2D eigenvalue weighted by atomic mass is 10.1.